The number of benzene rings is 7. The highest BCUT2D eigenvalue weighted by Gasteiger charge is 2.41. The standard InChI is InChI=1S/C73H88Cl4N2O8/c1-9-12-15-18-21-24-27-45(6)41-85-58-32-30-48(34-60(58)84-40-44(4)5)78-70(80)50-36-54(74)64-66-56(76)38-52-63-53(39-57(77)67(69(63)66)65-55(75)37-51(71(78)81)62(50)68(64)65)73(83)79(72(52)82)49-31-33-59(86-42-46(7)28-25-22-19-16-13-10-2)61(35-49)87-43-47(8)29-26-23-20-17-14-11-3/h30-39,44-47H,9-29,40-43H2,1-8H3. The van der Waals surface area contributed by atoms with E-state index in [1.165, 1.54) is 96.3 Å². The van der Waals surface area contributed by atoms with Gasteiger partial charge in [0, 0.05) is 75.3 Å². The molecule has 0 bridgehead atoms. The van der Waals surface area contributed by atoms with Crippen molar-refractivity contribution in [2.45, 2.75) is 190 Å². The van der Waals surface area contributed by atoms with Crippen LogP contribution in [0.2, 0.25) is 20.1 Å². The van der Waals surface area contributed by atoms with Gasteiger partial charge in [-0.15, -0.1) is 0 Å². The largest absolute Gasteiger partial charge is 0.489 e. The lowest BCUT2D eigenvalue weighted by atomic mass is 9.82. The predicted octanol–water partition coefficient (Wildman–Crippen LogP) is 22.3. The molecule has 466 valence electrons. The molecule has 2 aliphatic heterocycles. The Hall–Kier alpha value is -5.52. The summed E-state index contributed by atoms with van der Waals surface area (Å²) < 4.78 is 25.8. The Labute approximate surface area is 535 Å². The van der Waals surface area contributed by atoms with Crippen LogP contribution in [-0.2, 0) is 0 Å². The Morgan fingerprint density at radius 2 is 0.609 bits per heavy atom. The molecule has 7 aromatic carbocycles. The third kappa shape index (κ3) is 14.6. The zero-order valence-corrected chi connectivity index (χ0v) is 55.5. The second-order valence-electron chi connectivity index (χ2n) is 25.4. The molecular weight excluding hydrogens is 1170 g/mol. The van der Waals surface area contributed by atoms with Gasteiger partial charge in [0.2, 0.25) is 0 Å². The van der Waals surface area contributed by atoms with Crippen molar-refractivity contribution in [2.75, 3.05) is 36.2 Å². The zero-order valence-electron chi connectivity index (χ0n) is 52.4. The highest BCUT2D eigenvalue weighted by Crippen LogP contribution is 2.54. The van der Waals surface area contributed by atoms with Gasteiger partial charge in [-0.2, -0.15) is 0 Å². The van der Waals surface area contributed by atoms with Crippen molar-refractivity contribution >= 4 is 124 Å². The van der Waals surface area contributed by atoms with Crippen molar-refractivity contribution in [3.8, 4) is 23.0 Å². The fraction of sp³-hybridized carbons (Fsp3) is 0.507. The molecule has 0 saturated heterocycles. The quantitative estimate of drug-likeness (QED) is 0.0167. The number of hydrogen-bond acceptors (Lipinski definition) is 8. The summed E-state index contributed by atoms with van der Waals surface area (Å²) in [6, 6.07) is 16.6. The molecule has 0 spiro atoms. The van der Waals surface area contributed by atoms with Gasteiger partial charge in [-0.05, 0) is 91.5 Å². The number of imide groups is 2. The predicted molar refractivity (Wildman–Crippen MR) is 361 cm³/mol. The normalized spacial score (nSPS) is 14.4. The SMILES string of the molecule is CCCCCCCCC(C)COc1ccc(N2C(=O)c3cc(Cl)c4c5c(Cl)cc6c7c(cc(Cl)c(c8c(Cl)cc(c3c48)C2=O)c75)C(=O)N(c2ccc(OCC(C)CCCCCCCC)c(OCC(C)CCCCCCCC)c2)C6=O)cc1OCC(C)C. The molecule has 4 amide bonds. The van der Waals surface area contributed by atoms with E-state index in [1.807, 2.05) is 13.8 Å². The van der Waals surface area contributed by atoms with Gasteiger partial charge >= 0.3 is 0 Å². The molecule has 3 atom stereocenters. The van der Waals surface area contributed by atoms with Crippen LogP contribution in [0.5, 0.6) is 23.0 Å². The molecule has 7 aromatic rings. The molecule has 87 heavy (non-hydrogen) atoms. The van der Waals surface area contributed by atoms with Crippen LogP contribution in [0.25, 0.3) is 43.1 Å². The van der Waals surface area contributed by atoms with E-state index in [0.717, 1.165) is 48.3 Å². The average Bonchev–Trinajstić information content (AvgIpc) is 0.681. The number of rotatable bonds is 35. The third-order valence-corrected chi connectivity index (χ3v) is 18.7. The molecule has 14 heteroatoms. The minimum atomic E-state index is -0.608. The Kier molecular flexibility index (Phi) is 23.0. The van der Waals surface area contributed by atoms with Crippen molar-refractivity contribution in [1.82, 2.24) is 0 Å². The maximum absolute atomic E-state index is 15.2. The van der Waals surface area contributed by atoms with Gasteiger partial charge in [0.25, 0.3) is 23.6 Å². The lowest BCUT2D eigenvalue weighted by Gasteiger charge is -2.31. The Balaban J connectivity index is 1.05. The zero-order chi connectivity index (χ0) is 62.1. The molecule has 2 aliphatic rings. The van der Waals surface area contributed by atoms with E-state index in [9.17, 15) is 0 Å². The molecule has 0 fully saturated rings. The topological polar surface area (TPSA) is 112 Å². The summed E-state index contributed by atoms with van der Waals surface area (Å²) in [5.41, 5.74) is 1.25. The van der Waals surface area contributed by atoms with Gasteiger partial charge in [0.05, 0.1) is 60.1 Å². The number of carbonyl (C=O) groups is 4. The fourth-order valence-corrected chi connectivity index (χ4v) is 13.9. The highest BCUT2D eigenvalue weighted by atomic mass is 35.5. The van der Waals surface area contributed by atoms with E-state index in [4.69, 9.17) is 65.4 Å². The number of nitrogens with zero attached hydrogens (tertiary/aromatic N) is 2. The summed E-state index contributed by atoms with van der Waals surface area (Å²) in [7, 11) is 0. The first-order valence-electron chi connectivity index (χ1n) is 32.5. The molecular formula is C73H88Cl4N2O8. The van der Waals surface area contributed by atoms with Crippen molar-refractivity contribution in [3.05, 3.63) is 103 Å². The first-order valence-corrected chi connectivity index (χ1v) is 34.0. The maximum Gasteiger partial charge on any atom is 0.266 e. The van der Waals surface area contributed by atoms with Crippen LogP contribution < -0.4 is 28.7 Å². The van der Waals surface area contributed by atoms with Gasteiger partial charge in [0.1, 0.15) is 0 Å². The van der Waals surface area contributed by atoms with Crippen molar-refractivity contribution < 1.29 is 38.1 Å². The number of anilines is 2. The molecule has 10 nitrogen and oxygen atoms in total. The lowest BCUT2D eigenvalue weighted by molar-refractivity contribution is 0.0877. The Bertz CT molecular complexity index is 3490. The summed E-state index contributed by atoms with van der Waals surface area (Å²) >= 11 is 29.7. The van der Waals surface area contributed by atoms with E-state index >= 15 is 19.2 Å². The number of hydrogen-bond donors (Lipinski definition) is 0. The van der Waals surface area contributed by atoms with Crippen LogP contribution in [-0.4, -0.2) is 50.1 Å². The summed E-state index contributed by atoms with van der Waals surface area (Å²) in [6.45, 7) is 19.2. The molecule has 0 aliphatic carbocycles. The molecule has 9 rings (SSSR count). The molecule has 2 heterocycles. The van der Waals surface area contributed by atoms with Crippen LogP contribution in [0.3, 0.4) is 0 Å². The summed E-state index contributed by atoms with van der Waals surface area (Å²) in [4.78, 5) is 62.8. The maximum atomic E-state index is 15.2. The average molecular weight is 1260 g/mol. The van der Waals surface area contributed by atoms with Crippen molar-refractivity contribution in [1.29, 1.82) is 0 Å². The van der Waals surface area contributed by atoms with E-state index in [0.29, 0.717) is 110 Å². The molecule has 3 unspecified atom stereocenters. The van der Waals surface area contributed by atoms with Crippen molar-refractivity contribution in [3.63, 3.8) is 0 Å². The van der Waals surface area contributed by atoms with E-state index < -0.39 is 23.6 Å². The number of amides is 4. The van der Waals surface area contributed by atoms with E-state index in [-0.39, 0.29) is 59.9 Å². The second-order valence-corrected chi connectivity index (χ2v) is 27.0. The first-order chi connectivity index (χ1) is 42.0. The van der Waals surface area contributed by atoms with Crippen LogP contribution in [0.1, 0.15) is 232 Å². The number of carbonyl (C=O) groups excluding carboxylic acids is 4. The second kappa shape index (κ2) is 30.3. The van der Waals surface area contributed by atoms with Crippen LogP contribution in [0, 0.1) is 23.7 Å². The summed E-state index contributed by atoms with van der Waals surface area (Å²) in [6.07, 6.45) is 25.1. The Morgan fingerprint density at radius 1 is 0.333 bits per heavy atom. The fourth-order valence-electron chi connectivity index (χ4n) is 12.7. The highest BCUT2D eigenvalue weighted by molar-refractivity contribution is 6.57. The van der Waals surface area contributed by atoms with Crippen LogP contribution in [0.4, 0.5) is 11.4 Å². The first kappa shape index (κ1) is 65.9. The van der Waals surface area contributed by atoms with Gasteiger partial charge in [-0.25, -0.2) is 9.80 Å². The van der Waals surface area contributed by atoms with E-state index in [1.54, 1.807) is 60.7 Å². The van der Waals surface area contributed by atoms with Gasteiger partial charge in [0.15, 0.2) is 23.0 Å². The minimum Gasteiger partial charge on any atom is -0.489 e. The Morgan fingerprint density at radius 3 is 0.908 bits per heavy atom. The molecule has 0 aromatic heterocycles. The van der Waals surface area contributed by atoms with Crippen LogP contribution in [0.15, 0.2) is 60.7 Å². The molecule has 0 radical (unpaired) electrons. The number of unbranched alkanes of at least 4 members (excludes halogenated alkanes) is 15. The number of fused-ring (bicyclic) bond motifs is 2. The lowest BCUT2D eigenvalue weighted by Crippen LogP contribution is -2.40. The van der Waals surface area contributed by atoms with Gasteiger partial charge < -0.3 is 18.9 Å². The monoisotopic (exact) mass is 1260 g/mol. The minimum absolute atomic E-state index is 0.141. The third-order valence-electron chi connectivity index (χ3n) is 17.5. The van der Waals surface area contributed by atoms with Gasteiger partial charge in [-0.1, -0.05) is 217 Å². The smallest absolute Gasteiger partial charge is 0.266 e. The van der Waals surface area contributed by atoms with E-state index in [2.05, 4.69) is 41.5 Å². The molecule has 0 saturated carbocycles. The van der Waals surface area contributed by atoms with Crippen molar-refractivity contribution in [2.24, 2.45) is 23.7 Å². The summed E-state index contributed by atoms with van der Waals surface area (Å²) in [5.74, 6) is 0.590. The van der Waals surface area contributed by atoms with Gasteiger partial charge in [-0.3, -0.25) is 19.2 Å². The number of halogens is 4. The number of ether oxygens (including phenoxy) is 4. The van der Waals surface area contributed by atoms with Crippen LogP contribution >= 0.6 is 46.4 Å². The molecule has 0 N–H and O–H groups in total. The summed E-state index contributed by atoms with van der Waals surface area (Å²) in [5, 5.41) is 3.61.